The number of aromatic nitrogens is 1. The number of pyridine rings is 1. The highest BCUT2D eigenvalue weighted by molar-refractivity contribution is 6.31. The minimum atomic E-state index is -4.72. The largest absolute Gasteiger partial charge is 0.489 e. The van der Waals surface area contributed by atoms with Crippen LogP contribution in [0.4, 0.5) is 19.0 Å². The number of carbonyl (C=O) groups is 2. The summed E-state index contributed by atoms with van der Waals surface area (Å²) in [6.45, 7) is 5.53. The van der Waals surface area contributed by atoms with Gasteiger partial charge in [0, 0.05) is 44.4 Å². The molecule has 3 aliphatic heterocycles. The number of amides is 2. The van der Waals surface area contributed by atoms with Gasteiger partial charge in [0.25, 0.3) is 0 Å². The molecule has 0 radical (unpaired) electrons. The second kappa shape index (κ2) is 11.6. The highest BCUT2D eigenvalue weighted by Gasteiger charge is 2.52. The van der Waals surface area contributed by atoms with Crippen LogP contribution >= 0.6 is 11.6 Å². The summed E-state index contributed by atoms with van der Waals surface area (Å²) in [7, 11) is 0. The molecule has 2 unspecified atom stereocenters. The van der Waals surface area contributed by atoms with Crippen molar-refractivity contribution in [3.63, 3.8) is 0 Å². The summed E-state index contributed by atoms with van der Waals surface area (Å²) in [6.07, 6.45) is -4.30. The molecular weight excluding hydrogens is 519 g/mol. The third-order valence-corrected chi connectivity index (χ3v) is 7.13. The van der Waals surface area contributed by atoms with E-state index < -0.39 is 30.2 Å². The van der Waals surface area contributed by atoms with Crippen LogP contribution in [-0.2, 0) is 19.1 Å². The first-order valence-corrected chi connectivity index (χ1v) is 12.6. The number of piperazine rings is 1. The molecule has 0 aliphatic carbocycles. The number of fused-ring (bicyclic) bond motifs is 3. The molecule has 0 aromatic carbocycles. The van der Waals surface area contributed by atoms with Crippen LogP contribution in [0.2, 0.25) is 5.02 Å². The fourth-order valence-corrected chi connectivity index (χ4v) is 4.96. The molecule has 10 nitrogen and oxygen atoms in total. The first-order chi connectivity index (χ1) is 17.6. The van der Waals surface area contributed by atoms with Crippen LogP contribution < -0.4 is 20.5 Å². The molecular formula is C23H31ClF3N5O5. The van der Waals surface area contributed by atoms with E-state index >= 15 is 0 Å². The van der Waals surface area contributed by atoms with E-state index in [-0.39, 0.29) is 38.1 Å². The van der Waals surface area contributed by atoms with Crippen molar-refractivity contribution in [3.8, 4) is 5.75 Å². The number of rotatable bonds is 7. The number of hydrogen-bond donors (Lipinski definition) is 2. The van der Waals surface area contributed by atoms with E-state index in [0.717, 1.165) is 17.8 Å². The van der Waals surface area contributed by atoms with Crippen LogP contribution in [-0.4, -0.2) is 92.1 Å². The second-order valence-corrected chi connectivity index (χ2v) is 9.81. The Morgan fingerprint density at radius 3 is 2.92 bits per heavy atom. The van der Waals surface area contributed by atoms with Gasteiger partial charge in [-0.15, -0.1) is 0 Å². The molecule has 2 fully saturated rings. The van der Waals surface area contributed by atoms with Gasteiger partial charge in [-0.05, 0) is 13.8 Å². The lowest BCUT2D eigenvalue weighted by molar-refractivity contribution is -0.219. The van der Waals surface area contributed by atoms with Gasteiger partial charge >= 0.3 is 6.18 Å². The van der Waals surface area contributed by atoms with Gasteiger partial charge in [-0.3, -0.25) is 15.0 Å². The van der Waals surface area contributed by atoms with E-state index in [1.807, 2.05) is 12.3 Å². The molecule has 2 N–H and O–H groups in total. The Bertz CT molecular complexity index is 1000. The summed E-state index contributed by atoms with van der Waals surface area (Å²) in [5.74, 6) is -2.07. The van der Waals surface area contributed by atoms with Crippen molar-refractivity contribution in [1.82, 2.24) is 20.7 Å². The fourth-order valence-electron chi connectivity index (χ4n) is 4.83. The van der Waals surface area contributed by atoms with Crippen LogP contribution in [0, 0.1) is 12.8 Å². The number of anilines is 1. The Labute approximate surface area is 217 Å². The van der Waals surface area contributed by atoms with E-state index in [1.165, 1.54) is 0 Å². The Hall–Kier alpha value is -2.35. The van der Waals surface area contributed by atoms with Crippen molar-refractivity contribution in [2.45, 2.75) is 51.1 Å². The standard InChI is InChI=1S/C23H31ClF3N5O5/c1-13(37-17-10-29-30-22(34)19(17)23(25,26)27)12-35-7-4-18(33)31-5-6-32-15(11-31)3-8-36-20-14(2)16(24)9-28-21(20)32/h9,13,15,17,19,29H,3-8,10-12H2,1-2H3,(H,30,34)/t13-,15-,17?,19?/m0/s1. The molecule has 4 atom stereocenters. The average molecular weight is 550 g/mol. The quantitative estimate of drug-likeness (QED) is 0.497. The first kappa shape index (κ1) is 27.7. The Balaban J connectivity index is 1.22. The number of hydrogen-bond acceptors (Lipinski definition) is 8. The van der Waals surface area contributed by atoms with Crippen LogP contribution in [0.25, 0.3) is 0 Å². The van der Waals surface area contributed by atoms with Crippen LogP contribution in [0.3, 0.4) is 0 Å². The molecule has 2 amide bonds. The summed E-state index contributed by atoms with van der Waals surface area (Å²) in [4.78, 5) is 32.9. The first-order valence-electron chi connectivity index (χ1n) is 12.2. The molecule has 4 rings (SSSR count). The number of ether oxygens (including phenoxy) is 3. The Kier molecular flexibility index (Phi) is 8.66. The van der Waals surface area contributed by atoms with E-state index in [9.17, 15) is 22.8 Å². The Morgan fingerprint density at radius 2 is 2.16 bits per heavy atom. The van der Waals surface area contributed by atoms with Gasteiger partial charge in [0.15, 0.2) is 17.5 Å². The van der Waals surface area contributed by atoms with Crippen LogP contribution in [0.5, 0.6) is 5.75 Å². The van der Waals surface area contributed by atoms with Crippen molar-refractivity contribution in [2.75, 3.05) is 50.9 Å². The van der Waals surface area contributed by atoms with Crippen molar-refractivity contribution in [3.05, 3.63) is 16.8 Å². The van der Waals surface area contributed by atoms with Crippen molar-refractivity contribution >= 4 is 29.2 Å². The zero-order chi connectivity index (χ0) is 26.7. The van der Waals surface area contributed by atoms with E-state index in [0.29, 0.717) is 37.0 Å². The number of alkyl halides is 3. The number of hydrazine groups is 1. The molecule has 206 valence electrons. The van der Waals surface area contributed by atoms with Gasteiger partial charge in [0.1, 0.15) is 0 Å². The van der Waals surface area contributed by atoms with Gasteiger partial charge in [0.05, 0.1) is 49.5 Å². The lowest BCUT2D eigenvalue weighted by Crippen LogP contribution is -2.60. The molecule has 14 heteroatoms. The van der Waals surface area contributed by atoms with Gasteiger partial charge in [-0.25, -0.2) is 10.4 Å². The topological polar surface area (TPSA) is 105 Å². The third kappa shape index (κ3) is 6.39. The maximum absolute atomic E-state index is 13.2. The number of carbonyl (C=O) groups excluding carboxylic acids is 2. The number of nitrogens with one attached hydrogen (secondary N) is 2. The lowest BCUT2D eigenvalue weighted by Gasteiger charge is -2.41. The van der Waals surface area contributed by atoms with Gasteiger partial charge in [0.2, 0.25) is 11.8 Å². The highest BCUT2D eigenvalue weighted by atomic mass is 35.5. The molecule has 0 spiro atoms. The zero-order valence-electron chi connectivity index (χ0n) is 20.6. The predicted octanol–water partition coefficient (Wildman–Crippen LogP) is 1.84. The molecule has 0 saturated carbocycles. The highest BCUT2D eigenvalue weighted by Crippen LogP contribution is 2.38. The summed E-state index contributed by atoms with van der Waals surface area (Å²) in [6, 6.07) is 0.0595. The lowest BCUT2D eigenvalue weighted by atomic mass is 9.99. The molecule has 4 heterocycles. The number of halogens is 4. The van der Waals surface area contributed by atoms with Crippen LogP contribution in [0.15, 0.2) is 6.20 Å². The van der Waals surface area contributed by atoms with E-state index in [2.05, 4.69) is 15.3 Å². The molecule has 37 heavy (non-hydrogen) atoms. The van der Waals surface area contributed by atoms with Gasteiger partial charge < -0.3 is 24.0 Å². The maximum atomic E-state index is 13.2. The average Bonchev–Trinajstić information content (AvgIpc) is 3.02. The monoisotopic (exact) mass is 549 g/mol. The fraction of sp³-hybridized carbons (Fsp3) is 0.696. The minimum absolute atomic E-state index is 0.00587. The Morgan fingerprint density at radius 1 is 1.38 bits per heavy atom. The maximum Gasteiger partial charge on any atom is 0.403 e. The zero-order valence-corrected chi connectivity index (χ0v) is 21.4. The molecule has 3 aliphatic rings. The normalized spacial score (nSPS) is 24.9. The molecule has 1 aromatic heterocycles. The molecule has 2 saturated heterocycles. The predicted molar refractivity (Wildman–Crippen MR) is 127 cm³/mol. The SMILES string of the molecule is Cc1c(Cl)cnc2c1OCC[C@H]1CN(C(=O)CCOC[C@H](C)OC3CNNC(=O)C3C(F)(F)F)CCN21. The third-order valence-electron chi connectivity index (χ3n) is 6.75. The molecule has 1 aromatic rings. The summed E-state index contributed by atoms with van der Waals surface area (Å²) in [5, 5.41) is 0.548. The minimum Gasteiger partial charge on any atom is -0.489 e. The van der Waals surface area contributed by atoms with Gasteiger partial charge in [-0.1, -0.05) is 11.6 Å². The summed E-state index contributed by atoms with van der Waals surface area (Å²) >= 11 is 6.20. The smallest absolute Gasteiger partial charge is 0.403 e. The van der Waals surface area contributed by atoms with E-state index in [1.54, 1.807) is 18.0 Å². The van der Waals surface area contributed by atoms with E-state index in [4.69, 9.17) is 25.8 Å². The van der Waals surface area contributed by atoms with Crippen molar-refractivity contribution < 1.29 is 37.0 Å². The second-order valence-electron chi connectivity index (χ2n) is 9.41. The summed E-state index contributed by atoms with van der Waals surface area (Å²) < 4.78 is 56.6. The van der Waals surface area contributed by atoms with Crippen molar-refractivity contribution in [2.24, 2.45) is 5.92 Å². The molecule has 0 bridgehead atoms. The van der Waals surface area contributed by atoms with Crippen molar-refractivity contribution in [1.29, 1.82) is 0 Å². The van der Waals surface area contributed by atoms with Gasteiger partial charge in [-0.2, -0.15) is 13.2 Å². The van der Waals surface area contributed by atoms with Crippen LogP contribution in [0.1, 0.15) is 25.3 Å². The number of nitrogens with zero attached hydrogens (tertiary/aromatic N) is 3. The summed E-state index contributed by atoms with van der Waals surface area (Å²) in [5.41, 5.74) is 5.24.